The minimum atomic E-state index is -4.02. The lowest BCUT2D eigenvalue weighted by molar-refractivity contribution is -0.147. The molecule has 0 saturated carbocycles. The van der Waals surface area contributed by atoms with Gasteiger partial charge in [-0.2, -0.15) is 4.31 Å². The first-order valence-electron chi connectivity index (χ1n) is 7.61. The van der Waals surface area contributed by atoms with E-state index < -0.39 is 22.0 Å². The summed E-state index contributed by atoms with van der Waals surface area (Å²) < 4.78 is 31.7. The van der Waals surface area contributed by atoms with Crippen LogP contribution in [-0.4, -0.2) is 74.7 Å². The Balaban J connectivity index is 1.93. The van der Waals surface area contributed by atoms with Gasteiger partial charge in [-0.25, -0.2) is 13.2 Å². The number of fused-ring (bicyclic) bond motifs is 1. The highest BCUT2D eigenvalue weighted by Crippen LogP contribution is 2.24. The molecule has 10 heteroatoms. The number of carbonyl (C=O) groups is 3. The molecule has 0 bridgehead atoms. The van der Waals surface area contributed by atoms with Crippen molar-refractivity contribution in [2.75, 3.05) is 33.3 Å². The SMILES string of the molecule is COC(=O)c1ccccc1S(=O)(=O)N1CCN2C(=O)CNC(=O)[C@H]2C1. The Kier molecular flexibility index (Phi) is 4.48. The van der Waals surface area contributed by atoms with Crippen LogP contribution in [0.25, 0.3) is 0 Å². The summed E-state index contributed by atoms with van der Waals surface area (Å²) in [6.45, 7) is -0.0629. The van der Waals surface area contributed by atoms with Crippen LogP contribution in [-0.2, 0) is 24.3 Å². The molecule has 0 aliphatic carbocycles. The molecule has 2 fully saturated rings. The van der Waals surface area contributed by atoms with E-state index in [4.69, 9.17) is 0 Å². The van der Waals surface area contributed by atoms with Gasteiger partial charge in [0.25, 0.3) is 0 Å². The number of methoxy groups -OCH3 is 1. The molecular weight excluding hydrogens is 350 g/mol. The monoisotopic (exact) mass is 367 g/mol. The second kappa shape index (κ2) is 6.45. The van der Waals surface area contributed by atoms with Crippen molar-refractivity contribution in [1.82, 2.24) is 14.5 Å². The van der Waals surface area contributed by atoms with Crippen LogP contribution in [0.5, 0.6) is 0 Å². The van der Waals surface area contributed by atoms with Crippen LogP contribution in [0.15, 0.2) is 29.2 Å². The minimum Gasteiger partial charge on any atom is -0.465 e. The van der Waals surface area contributed by atoms with Crippen LogP contribution in [0.3, 0.4) is 0 Å². The largest absolute Gasteiger partial charge is 0.465 e. The fourth-order valence-corrected chi connectivity index (χ4v) is 4.61. The van der Waals surface area contributed by atoms with E-state index in [-0.39, 0.29) is 48.5 Å². The summed E-state index contributed by atoms with van der Waals surface area (Å²) in [6, 6.07) is 4.87. The summed E-state index contributed by atoms with van der Waals surface area (Å²) in [5.74, 6) is -1.39. The highest BCUT2D eigenvalue weighted by molar-refractivity contribution is 7.89. The van der Waals surface area contributed by atoms with Gasteiger partial charge in [-0.15, -0.1) is 0 Å². The summed E-state index contributed by atoms with van der Waals surface area (Å²) in [5.41, 5.74) is -0.0726. The lowest BCUT2D eigenvalue weighted by Crippen LogP contribution is -2.66. The number of esters is 1. The normalized spacial score (nSPS) is 21.5. The number of hydrogen-bond donors (Lipinski definition) is 1. The van der Waals surface area contributed by atoms with Crippen molar-refractivity contribution >= 4 is 27.8 Å². The summed E-state index contributed by atoms with van der Waals surface area (Å²) in [7, 11) is -2.86. The predicted molar refractivity (Wildman–Crippen MR) is 85.1 cm³/mol. The zero-order valence-electron chi connectivity index (χ0n) is 13.5. The number of carbonyl (C=O) groups excluding carboxylic acids is 3. The van der Waals surface area contributed by atoms with E-state index in [2.05, 4.69) is 10.1 Å². The molecule has 0 aromatic heterocycles. The van der Waals surface area contributed by atoms with Crippen LogP contribution in [0.2, 0.25) is 0 Å². The van der Waals surface area contributed by atoms with Crippen LogP contribution < -0.4 is 5.32 Å². The Morgan fingerprint density at radius 1 is 1.24 bits per heavy atom. The quantitative estimate of drug-likeness (QED) is 0.672. The van der Waals surface area contributed by atoms with E-state index in [1.165, 1.54) is 36.3 Å². The molecule has 0 radical (unpaired) electrons. The molecule has 1 aromatic rings. The second-order valence-corrected chi connectivity index (χ2v) is 7.58. The Hall–Kier alpha value is -2.46. The minimum absolute atomic E-state index is 0.0490. The molecule has 25 heavy (non-hydrogen) atoms. The van der Waals surface area contributed by atoms with Crippen molar-refractivity contribution in [3.63, 3.8) is 0 Å². The van der Waals surface area contributed by atoms with Gasteiger partial charge in [0.1, 0.15) is 6.04 Å². The lowest BCUT2D eigenvalue weighted by atomic mass is 10.1. The van der Waals surface area contributed by atoms with Gasteiger partial charge in [-0.3, -0.25) is 9.59 Å². The topological polar surface area (TPSA) is 113 Å². The van der Waals surface area contributed by atoms with Crippen molar-refractivity contribution in [2.24, 2.45) is 0 Å². The van der Waals surface area contributed by atoms with E-state index in [0.717, 1.165) is 4.31 Å². The fourth-order valence-electron chi connectivity index (χ4n) is 2.99. The predicted octanol–water partition coefficient (Wildman–Crippen LogP) is -1.20. The van der Waals surface area contributed by atoms with Crippen LogP contribution >= 0.6 is 0 Å². The molecule has 3 rings (SSSR count). The van der Waals surface area contributed by atoms with Crippen molar-refractivity contribution in [3.05, 3.63) is 29.8 Å². The first kappa shape index (κ1) is 17.4. The average Bonchev–Trinajstić information content (AvgIpc) is 2.64. The molecule has 2 heterocycles. The molecule has 0 spiro atoms. The number of rotatable bonds is 3. The number of amides is 2. The third-order valence-corrected chi connectivity index (χ3v) is 6.21. The zero-order valence-corrected chi connectivity index (χ0v) is 14.3. The third kappa shape index (κ3) is 2.98. The van der Waals surface area contributed by atoms with Crippen molar-refractivity contribution in [2.45, 2.75) is 10.9 Å². The van der Waals surface area contributed by atoms with Crippen molar-refractivity contribution < 1.29 is 27.5 Å². The number of hydrogen-bond acceptors (Lipinski definition) is 6. The van der Waals surface area contributed by atoms with E-state index in [1.54, 1.807) is 0 Å². The maximum Gasteiger partial charge on any atom is 0.339 e. The first-order valence-corrected chi connectivity index (χ1v) is 9.05. The third-order valence-electron chi connectivity index (χ3n) is 4.29. The highest BCUT2D eigenvalue weighted by atomic mass is 32.2. The van der Waals surface area contributed by atoms with E-state index >= 15 is 0 Å². The van der Waals surface area contributed by atoms with E-state index in [9.17, 15) is 22.8 Å². The number of benzene rings is 1. The molecule has 1 atom stereocenters. The van der Waals surface area contributed by atoms with Gasteiger partial charge >= 0.3 is 5.97 Å². The van der Waals surface area contributed by atoms with Gasteiger partial charge in [0.15, 0.2) is 0 Å². The molecule has 0 unspecified atom stereocenters. The fraction of sp³-hybridized carbons (Fsp3) is 0.400. The smallest absolute Gasteiger partial charge is 0.339 e. The summed E-state index contributed by atoms with van der Waals surface area (Å²) in [5, 5.41) is 2.46. The molecule has 2 saturated heterocycles. The highest BCUT2D eigenvalue weighted by Gasteiger charge is 2.42. The molecule has 1 aromatic carbocycles. The summed E-state index contributed by atoms with van der Waals surface area (Å²) in [6.07, 6.45) is 0. The summed E-state index contributed by atoms with van der Waals surface area (Å²) in [4.78, 5) is 36.9. The van der Waals surface area contributed by atoms with Gasteiger partial charge in [0.05, 0.1) is 24.1 Å². The van der Waals surface area contributed by atoms with Gasteiger partial charge in [-0.05, 0) is 12.1 Å². The first-order chi connectivity index (χ1) is 11.9. The van der Waals surface area contributed by atoms with Gasteiger partial charge in [-0.1, -0.05) is 12.1 Å². The number of sulfonamides is 1. The number of ether oxygens (including phenoxy) is 1. The Morgan fingerprint density at radius 3 is 2.68 bits per heavy atom. The Morgan fingerprint density at radius 2 is 1.96 bits per heavy atom. The molecule has 9 nitrogen and oxygen atoms in total. The molecule has 2 aliphatic rings. The molecular formula is C15H17N3O6S. The maximum atomic E-state index is 13.0. The van der Waals surface area contributed by atoms with E-state index in [0.29, 0.717) is 0 Å². The average molecular weight is 367 g/mol. The van der Waals surface area contributed by atoms with Crippen LogP contribution in [0.1, 0.15) is 10.4 Å². The standard InChI is InChI=1S/C15H17N3O6S/c1-24-15(21)10-4-2-3-5-12(10)25(22,23)17-6-7-18-11(9-17)14(20)16-8-13(18)19/h2-5,11H,6-9H2,1H3,(H,16,20)/t11-/m1/s1. The summed E-state index contributed by atoms with van der Waals surface area (Å²) >= 11 is 0. The van der Waals surface area contributed by atoms with Crippen molar-refractivity contribution in [3.8, 4) is 0 Å². The number of nitrogens with one attached hydrogen (secondary N) is 1. The Bertz CT molecular complexity index is 837. The Labute approximate surface area is 144 Å². The number of nitrogens with zero attached hydrogens (tertiary/aromatic N) is 2. The van der Waals surface area contributed by atoms with Gasteiger partial charge < -0.3 is 15.0 Å². The lowest BCUT2D eigenvalue weighted by Gasteiger charge is -2.42. The molecule has 134 valence electrons. The second-order valence-electron chi connectivity index (χ2n) is 5.67. The van der Waals surface area contributed by atoms with Gasteiger partial charge in [0.2, 0.25) is 21.8 Å². The number of piperazine rings is 2. The van der Waals surface area contributed by atoms with Crippen LogP contribution in [0.4, 0.5) is 0 Å². The van der Waals surface area contributed by atoms with Gasteiger partial charge in [0, 0.05) is 19.6 Å². The van der Waals surface area contributed by atoms with Crippen LogP contribution in [0, 0.1) is 0 Å². The zero-order chi connectivity index (χ0) is 18.2. The molecule has 2 aliphatic heterocycles. The molecule has 2 amide bonds. The van der Waals surface area contributed by atoms with Crippen molar-refractivity contribution in [1.29, 1.82) is 0 Å². The molecule has 1 N–H and O–H groups in total. The maximum absolute atomic E-state index is 13.0. The van der Waals surface area contributed by atoms with E-state index in [1.807, 2.05) is 0 Å².